The molecule has 0 spiro atoms. The minimum atomic E-state index is -0.439. The lowest BCUT2D eigenvalue weighted by atomic mass is 10.1. The number of aromatic nitrogens is 1. The molecule has 2 rings (SSSR count). The summed E-state index contributed by atoms with van der Waals surface area (Å²) in [5.74, 6) is 0.742. The van der Waals surface area contributed by atoms with Crippen LogP contribution in [0.2, 0.25) is 0 Å². The van der Waals surface area contributed by atoms with Gasteiger partial charge in [-0.2, -0.15) is 4.98 Å². The van der Waals surface area contributed by atoms with Gasteiger partial charge in [-0.3, -0.25) is 10.1 Å². The molecule has 2 N–H and O–H groups in total. The summed E-state index contributed by atoms with van der Waals surface area (Å²) in [4.78, 5) is 14.1. The molecular weight excluding hydrogens is 234 g/mol. The number of ether oxygens (including phenoxy) is 1. The van der Waals surface area contributed by atoms with E-state index < -0.39 is 4.92 Å². The van der Waals surface area contributed by atoms with Crippen LogP contribution in [-0.4, -0.2) is 17.0 Å². The molecule has 92 valence electrons. The van der Waals surface area contributed by atoms with Crippen molar-refractivity contribution in [2.45, 2.75) is 0 Å². The largest absolute Gasteiger partial charge is 0.481 e. The molecule has 0 atom stereocenters. The Morgan fingerprint density at radius 1 is 1.22 bits per heavy atom. The van der Waals surface area contributed by atoms with Gasteiger partial charge in [-0.25, -0.2) is 0 Å². The van der Waals surface area contributed by atoms with Crippen LogP contribution in [0.3, 0.4) is 0 Å². The van der Waals surface area contributed by atoms with Crippen LogP contribution >= 0.6 is 0 Å². The average molecular weight is 245 g/mol. The van der Waals surface area contributed by atoms with E-state index in [2.05, 4.69) is 4.98 Å². The maximum absolute atomic E-state index is 10.6. The number of nitrogens with two attached hydrogens (primary N) is 1. The first-order chi connectivity index (χ1) is 8.60. The molecule has 0 aliphatic rings. The highest BCUT2D eigenvalue weighted by atomic mass is 16.6. The van der Waals surface area contributed by atoms with E-state index in [4.69, 9.17) is 10.5 Å². The minimum absolute atomic E-state index is 0.0488. The van der Waals surface area contributed by atoms with E-state index in [1.807, 2.05) is 0 Å². The summed E-state index contributed by atoms with van der Waals surface area (Å²) in [7, 11) is 1.50. The second kappa shape index (κ2) is 4.70. The van der Waals surface area contributed by atoms with Crippen molar-refractivity contribution in [3.05, 3.63) is 46.5 Å². The van der Waals surface area contributed by atoms with Gasteiger partial charge in [0.1, 0.15) is 5.82 Å². The number of nitrogens with zero attached hydrogens (tertiary/aromatic N) is 2. The third-order valence-electron chi connectivity index (χ3n) is 2.44. The second-order valence-electron chi connectivity index (χ2n) is 3.63. The molecule has 0 aliphatic carbocycles. The van der Waals surface area contributed by atoms with Crippen LogP contribution in [0.4, 0.5) is 11.5 Å². The number of anilines is 1. The molecule has 0 unspecified atom stereocenters. The van der Waals surface area contributed by atoms with Gasteiger partial charge in [-0.15, -0.1) is 0 Å². The number of methoxy groups -OCH3 is 1. The van der Waals surface area contributed by atoms with Crippen molar-refractivity contribution >= 4 is 11.5 Å². The third kappa shape index (κ3) is 2.37. The highest BCUT2D eigenvalue weighted by molar-refractivity contribution is 5.68. The Kier molecular flexibility index (Phi) is 3.09. The number of benzene rings is 1. The van der Waals surface area contributed by atoms with E-state index in [1.54, 1.807) is 24.3 Å². The number of hydrogen-bond donors (Lipinski definition) is 1. The first-order valence-corrected chi connectivity index (χ1v) is 5.16. The quantitative estimate of drug-likeness (QED) is 0.661. The smallest absolute Gasteiger partial charge is 0.269 e. The van der Waals surface area contributed by atoms with E-state index in [9.17, 15) is 10.1 Å². The monoisotopic (exact) mass is 245 g/mol. The maximum atomic E-state index is 10.6. The van der Waals surface area contributed by atoms with Gasteiger partial charge in [0.05, 0.1) is 12.0 Å². The highest BCUT2D eigenvalue weighted by Crippen LogP contribution is 2.26. The summed E-state index contributed by atoms with van der Waals surface area (Å²) in [5.41, 5.74) is 7.31. The molecule has 0 saturated heterocycles. The van der Waals surface area contributed by atoms with E-state index >= 15 is 0 Å². The van der Waals surface area contributed by atoms with Gasteiger partial charge in [-0.05, 0) is 29.3 Å². The van der Waals surface area contributed by atoms with Crippen LogP contribution in [0.1, 0.15) is 0 Å². The predicted octanol–water partition coefficient (Wildman–Crippen LogP) is 2.25. The highest BCUT2D eigenvalue weighted by Gasteiger charge is 2.07. The fraction of sp³-hybridized carbons (Fsp3) is 0.0833. The van der Waals surface area contributed by atoms with Crippen molar-refractivity contribution in [1.82, 2.24) is 4.98 Å². The summed E-state index contributed by atoms with van der Waals surface area (Å²) >= 11 is 0. The molecule has 1 aromatic carbocycles. The number of nitro benzene ring substituents is 1. The van der Waals surface area contributed by atoms with Gasteiger partial charge in [-0.1, -0.05) is 0 Å². The van der Waals surface area contributed by atoms with Crippen LogP contribution in [0.25, 0.3) is 11.1 Å². The summed E-state index contributed by atoms with van der Waals surface area (Å²) < 4.78 is 5.02. The molecule has 0 fully saturated rings. The van der Waals surface area contributed by atoms with Crippen LogP contribution in [0.5, 0.6) is 5.88 Å². The minimum Gasteiger partial charge on any atom is -0.481 e. The van der Waals surface area contributed by atoms with Crippen molar-refractivity contribution < 1.29 is 9.66 Å². The van der Waals surface area contributed by atoms with E-state index in [1.165, 1.54) is 19.2 Å². The first-order valence-electron chi connectivity index (χ1n) is 5.16. The molecule has 6 nitrogen and oxygen atoms in total. The van der Waals surface area contributed by atoms with Crippen LogP contribution < -0.4 is 10.5 Å². The molecular formula is C12H11N3O3. The first kappa shape index (κ1) is 11.8. The van der Waals surface area contributed by atoms with Crippen molar-refractivity contribution in [3.8, 4) is 17.0 Å². The Bertz CT molecular complexity index is 582. The summed E-state index contributed by atoms with van der Waals surface area (Å²) in [6.45, 7) is 0. The van der Waals surface area contributed by atoms with E-state index in [-0.39, 0.29) is 5.69 Å². The van der Waals surface area contributed by atoms with Gasteiger partial charge in [0, 0.05) is 18.2 Å². The van der Waals surface area contributed by atoms with Crippen molar-refractivity contribution in [2.75, 3.05) is 12.8 Å². The fourth-order valence-electron chi connectivity index (χ4n) is 1.57. The lowest BCUT2D eigenvalue weighted by molar-refractivity contribution is -0.384. The molecule has 18 heavy (non-hydrogen) atoms. The molecule has 2 aromatic rings. The van der Waals surface area contributed by atoms with Crippen molar-refractivity contribution in [2.24, 2.45) is 0 Å². The maximum Gasteiger partial charge on any atom is 0.269 e. The molecule has 0 bridgehead atoms. The summed E-state index contributed by atoms with van der Waals surface area (Å²) in [5, 5.41) is 10.6. The van der Waals surface area contributed by atoms with Crippen molar-refractivity contribution in [3.63, 3.8) is 0 Å². The zero-order valence-electron chi connectivity index (χ0n) is 9.66. The van der Waals surface area contributed by atoms with Gasteiger partial charge < -0.3 is 10.5 Å². The number of non-ortho nitro benzene ring substituents is 1. The zero-order chi connectivity index (χ0) is 13.1. The Morgan fingerprint density at radius 2 is 1.89 bits per heavy atom. The standard InChI is InChI=1S/C12H11N3O3/c1-18-12-7-9(6-11(13)14-12)8-2-4-10(5-3-8)15(16)17/h2-7H,1H3,(H2,13,14). The van der Waals surface area contributed by atoms with Gasteiger partial charge in [0.2, 0.25) is 5.88 Å². The Morgan fingerprint density at radius 3 is 2.44 bits per heavy atom. The predicted molar refractivity (Wildman–Crippen MR) is 67.3 cm³/mol. The average Bonchev–Trinajstić information content (AvgIpc) is 2.38. The van der Waals surface area contributed by atoms with E-state index in [0.717, 1.165) is 11.1 Å². The van der Waals surface area contributed by atoms with Gasteiger partial charge >= 0.3 is 0 Å². The van der Waals surface area contributed by atoms with E-state index in [0.29, 0.717) is 11.7 Å². The molecule has 6 heteroatoms. The lowest BCUT2D eigenvalue weighted by Gasteiger charge is -2.05. The normalized spacial score (nSPS) is 10.1. The molecule has 1 aromatic heterocycles. The van der Waals surface area contributed by atoms with Crippen LogP contribution in [0, 0.1) is 10.1 Å². The molecule has 0 saturated carbocycles. The molecule has 1 heterocycles. The molecule has 0 amide bonds. The number of nitro groups is 1. The molecule has 0 radical (unpaired) electrons. The zero-order valence-corrected chi connectivity index (χ0v) is 9.66. The van der Waals surface area contributed by atoms with Gasteiger partial charge in [0.25, 0.3) is 5.69 Å². The van der Waals surface area contributed by atoms with Gasteiger partial charge in [0.15, 0.2) is 0 Å². The number of rotatable bonds is 3. The Labute approximate surface area is 103 Å². The third-order valence-corrected chi connectivity index (χ3v) is 2.44. The Hall–Kier alpha value is -2.63. The second-order valence-corrected chi connectivity index (χ2v) is 3.63. The number of nitrogen functional groups attached to an aromatic ring is 1. The van der Waals surface area contributed by atoms with Crippen LogP contribution in [0.15, 0.2) is 36.4 Å². The Balaban J connectivity index is 2.42. The topological polar surface area (TPSA) is 91.3 Å². The molecule has 0 aliphatic heterocycles. The SMILES string of the molecule is COc1cc(-c2ccc([N+](=O)[O-])cc2)cc(N)n1. The van der Waals surface area contributed by atoms with Crippen molar-refractivity contribution in [1.29, 1.82) is 0 Å². The number of hydrogen-bond acceptors (Lipinski definition) is 5. The van der Waals surface area contributed by atoms with Crippen LogP contribution in [-0.2, 0) is 0 Å². The fourth-order valence-corrected chi connectivity index (χ4v) is 1.57. The summed E-state index contributed by atoms with van der Waals surface area (Å²) in [6.07, 6.45) is 0. The number of pyridine rings is 1. The summed E-state index contributed by atoms with van der Waals surface area (Å²) in [6, 6.07) is 9.61. The lowest BCUT2D eigenvalue weighted by Crippen LogP contribution is -1.95.